The molecule has 0 aliphatic heterocycles. The standard InChI is InChI=1S/C17H18O/c1-13(18)17(11-4-5-12-17)16-10-6-8-14-7-2-3-9-15(14)16/h2-3,6-10H,4-5,11-12H2,1H3. The van der Waals surface area contributed by atoms with Crippen molar-refractivity contribution in [2.75, 3.05) is 0 Å². The smallest absolute Gasteiger partial charge is 0.140 e. The fourth-order valence-corrected chi connectivity index (χ4v) is 3.43. The van der Waals surface area contributed by atoms with Crippen LogP contribution in [0, 0.1) is 0 Å². The highest BCUT2D eigenvalue weighted by atomic mass is 16.1. The number of Topliss-reactive ketones (excluding diaryl/α,β-unsaturated/α-hetero) is 1. The van der Waals surface area contributed by atoms with E-state index in [1.807, 2.05) is 0 Å². The van der Waals surface area contributed by atoms with Gasteiger partial charge in [-0.15, -0.1) is 0 Å². The van der Waals surface area contributed by atoms with Gasteiger partial charge in [-0.05, 0) is 36.1 Å². The van der Waals surface area contributed by atoms with Gasteiger partial charge in [-0.25, -0.2) is 0 Å². The highest BCUT2D eigenvalue weighted by Crippen LogP contribution is 2.44. The Morgan fingerprint density at radius 1 is 1.00 bits per heavy atom. The van der Waals surface area contributed by atoms with E-state index in [4.69, 9.17) is 0 Å². The average Bonchev–Trinajstić information content (AvgIpc) is 2.88. The molecule has 92 valence electrons. The van der Waals surface area contributed by atoms with Gasteiger partial charge in [0.15, 0.2) is 0 Å². The first kappa shape index (κ1) is 11.5. The van der Waals surface area contributed by atoms with Gasteiger partial charge in [-0.2, -0.15) is 0 Å². The topological polar surface area (TPSA) is 17.1 Å². The Labute approximate surface area is 108 Å². The van der Waals surface area contributed by atoms with Crippen molar-refractivity contribution in [3.8, 4) is 0 Å². The number of fused-ring (bicyclic) bond motifs is 1. The van der Waals surface area contributed by atoms with Crippen molar-refractivity contribution in [1.29, 1.82) is 0 Å². The molecule has 1 fully saturated rings. The summed E-state index contributed by atoms with van der Waals surface area (Å²) in [6.45, 7) is 1.76. The molecule has 0 heterocycles. The van der Waals surface area contributed by atoms with Crippen LogP contribution in [-0.4, -0.2) is 5.78 Å². The van der Waals surface area contributed by atoms with Crippen molar-refractivity contribution in [3.05, 3.63) is 48.0 Å². The van der Waals surface area contributed by atoms with Gasteiger partial charge in [0, 0.05) is 0 Å². The van der Waals surface area contributed by atoms with Crippen molar-refractivity contribution in [2.24, 2.45) is 0 Å². The number of benzene rings is 2. The summed E-state index contributed by atoms with van der Waals surface area (Å²) in [6, 6.07) is 14.8. The first-order valence-electron chi connectivity index (χ1n) is 6.73. The van der Waals surface area contributed by atoms with Gasteiger partial charge in [0.05, 0.1) is 5.41 Å². The molecule has 0 bridgehead atoms. The van der Waals surface area contributed by atoms with Gasteiger partial charge in [-0.3, -0.25) is 4.79 Å². The summed E-state index contributed by atoms with van der Waals surface area (Å²) < 4.78 is 0. The Balaban J connectivity index is 2.27. The predicted octanol–water partition coefficient (Wildman–Crippen LogP) is 4.24. The molecule has 2 aromatic carbocycles. The third-order valence-corrected chi connectivity index (χ3v) is 4.44. The molecule has 0 atom stereocenters. The maximum Gasteiger partial charge on any atom is 0.140 e. The zero-order valence-electron chi connectivity index (χ0n) is 10.8. The minimum Gasteiger partial charge on any atom is -0.299 e. The van der Waals surface area contributed by atoms with Crippen molar-refractivity contribution >= 4 is 16.6 Å². The van der Waals surface area contributed by atoms with E-state index in [2.05, 4.69) is 42.5 Å². The van der Waals surface area contributed by atoms with Crippen molar-refractivity contribution in [2.45, 2.75) is 38.0 Å². The number of rotatable bonds is 2. The molecular weight excluding hydrogens is 220 g/mol. The Morgan fingerprint density at radius 2 is 1.67 bits per heavy atom. The van der Waals surface area contributed by atoms with Crippen LogP contribution in [-0.2, 0) is 10.2 Å². The fraction of sp³-hybridized carbons (Fsp3) is 0.353. The first-order chi connectivity index (χ1) is 8.74. The second-order valence-electron chi connectivity index (χ2n) is 5.37. The van der Waals surface area contributed by atoms with Gasteiger partial charge >= 0.3 is 0 Å². The lowest BCUT2D eigenvalue weighted by molar-refractivity contribution is -0.122. The molecule has 0 saturated heterocycles. The van der Waals surface area contributed by atoms with Crippen molar-refractivity contribution in [1.82, 2.24) is 0 Å². The summed E-state index contributed by atoms with van der Waals surface area (Å²) in [5.74, 6) is 0.330. The van der Waals surface area contributed by atoms with E-state index in [0.717, 1.165) is 12.8 Å². The van der Waals surface area contributed by atoms with Crippen LogP contribution in [0.5, 0.6) is 0 Å². The summed E-state index contributed by atoms with van der Waals surface area (Å²) in [6.07, 6.45) is 4.36. The predicted molar refractivity (Wildman–Crippen MR) is 74.8 cm³/mol. The summed E-state index contributed by atoms with van der Waals surface area (Å²) in [4.78, 5) is 12.2. The molecule has 2 aromatic rings. The van der Waals surface area contributed by atoms with Crippen LogP contribution in [0.3, 0.4) is 0 Å². The van der Waals surface area contributed by atoms with Crippen molar-refractivity contribution < 1.29 is 4.79 Å². The molecule has 1 saturated carbocycles. The highest BCUT2D eigenvalue weighted by Gasteiger charge is 2.40. The number of carbonyl (C=O) groups is 1. The van der Waals surface area contributed by atoms with Crippen LogP contribution < -0.4 is 0 Å². The molecule has 0 aromatic heterocycles. The molecule has 0 spiro atoms. The van der Waals surface area contributed by atoms with Gasteiger partial charge in [-0.1, -0.05) is 55.3 Å². The van der Waals surface area contributed by atoms with Crippen LogP contribution in [0.25, 0.3) is 10.8 Å². The van der Waals surface area contributed by atoms with E-state index in [0.29, 0.717) is 5.78 Å². The number of hydrogen-bond acceptors (Lipinski definition) is 1. The lowest BCUT2D eigenvalue weighted by Crippen LogP contribution is -2.30. The average molecular weight is 238 g/mol. The molecule has 0 N–H and O–H groups in total. The van der Waals surface area contributed by atoms with E-state index < -0.39 is 0 Å². The highest BCUT2D eigenvalue weighted by molar-refractivity contribution is 5.96. The summed E-state index contributed by atoms with van der Waals surface area (Å²) in [5, 5.41) is 2.49. The second kappa shape index (κ2) is 4.24. The monoisotopic (exact) mass is 238 g/mol. The lowest BCUT2D eigenvalue weighted by Gasteiger charge is -2.28. The van der Waals surface area contributed by atoms with Crippen LogP contribution in [0.1, 0.15) is 38.2 Å². The number of carbonyl (C=O) groups excluding carboxylic acids is 1. The summed E-state index contributed by atoms with van der Waals surface area (Å²) >= 11 is 0. The van der Waals surface area contributed by atoms with E-state index >= 15 is 0 Å². The van der Waals surface area contributed by atoms with Crippen LogP contribution in [0.15, 0.2) is 42.5 Å². The normalized spacial score (nSPS) is 18.1. The Bertz CT molecular complexity index is 586. The molecule has 0 radical (unpaired) electrons. The molecule has 1 aliphatic carbocycles. The van der Waals surface area contributed by atoms with Crippen LogP contribution in [0.2, 0.25) is 0 Å². The van der Waals surface area contributed by atoms with Crippen LogP contribution >= 0.6 is 0 Å². The Kier molecular flexibility index (Phi) is 2.70. The molecule has 1 heteroatoms. The third kappa shape index (κ3) is 1.58. The number of ketones is 1. The van der Waals surface area contributed by atoms with Gasteiger partial charge in [0.25, 0.3) is 0 Å². The number of hydrogen-bond donors (Lipinski definition) is 0. The van der Waals surface area contributed by atoms with E-state index in [1.165, 1.54) is 29.2 Å². The van der Waals surface area contributed by atoms with E-state index in [-0.39, 0.29) is 5.41 Å². The maximum atomic E-state index is 12.2. The zero-order chi connectivity index (χ0) is 12.6. The first-order valence-corrected chi connectivity index (χ1v) is 6.73. The van der Waals surface area contributed by atoms with Gasteiger partial charge < -0.3 is 0 Å². The third-order valence-electron chi connectivity index (χ3n) is 4.44. The summed E-state index contributed by atoms with van der Waals surface area (Å²) in [7, 11) is 0. The minimum absolute atomic E-state index is 0.221. The SMILES string of the molecule is CC(=O)C1(c2cccc3ccccc23)CCCC1. The van der Waals surface area contributed by atoms with E-state index in [9.17, 15) is 4.79 Å². The summed E-state index contributed by atoms with van der Waals surface area (Å²) in [5.41, 5.74) is 1.02. The van der Waals surface area contributed by atoms with Gasteiger partial charge in [0.1, 0.15) is 5.78 Å². The molecule has 3 rings (SSSR count). The molecule has 0 unspecified atom stereocenters. The maximum absolute atomic E-state index is 12.2. The zero-order valence-corrected chi connectivity index (χ0v) is 10.8. The molecule has 18 heavy (non-hydrogen) atoms. The molecule has 0 amide bonds. The largest absolute Gasteiger partial charge is 0.299 e. The lowest BCUT2D eigenvalue weighted by atomic mass is 9.74. The molecule has 1 nitrogen and oxygen atoms in total. The van der Waals surface area contributed by atoms with Gasteiger partial charge in [0.2, 0.25) is 0 Å². The Hall–Kier alpha value is -1.63. The second-order valence-corrected chi connectivity index (χ2v) is 5.37. The van der Waals surface area contributed by atoms with E-state index in [1.54, 1.807) is 6.92 Å². The Morgan fingerprint density at radius 3 is 2.39 bits per heavy atom. The quantitative estimate of drug-likeness (QED) is 0.764. The molecule has 1 aliphatic rings. The van der Waals surface area contributed by atoms with Crippen molar-refractivity contribution in [3.63, 3.8) is 0 Å². The van der Waals surface area contributed by atoms with Crippen LogP contribution in [0.4, 0.5) is 0 Å². The minimum atomic E-state index is -0.221. The molecular formula is C17H18O. The fourth-order valence-electron chi connectivity index (χ4n) is 3.43.